The first-order chi connectivity index (χ1) is 14.3. The smallest absolute Gasteiger partial charge is 0.186 e. The molecule has 0 aliphatic carbocycles. The summed E-state index contributed by atoms with van der Waals surface area (Å²) in [5, 5.41) is 3.35. The summed E-state index contributed by atoms with van der Waals surface area (Å²) in [4.78, 5) is 13.2. The lowest BCUT2D eigenvalue weighted by Gasteiger charge is -2.20. The van der Waals surface area contributed by atoms with Gasteiger partial charge in [-0.2, -0.15) is 0 Å². The maximum Gasteiger partial charge on any atom is 0.186 e. The van der Waals surface area contributed by atoms with Crippen LogP contribution in [0.4, 0.5) is 11.6 Å². The van der Waals surface area contributed by atoms with E-state index in [2.05, 4.69) is 15.0 Å². The van der Waals surface area contributed by atoms with Gasteiger partial charge >= 0.3 is 0 Å². The Bertz CT molecular complexity index is 1250. The number of nitrogens with two attached hydrogens (primary N) is 2. The van der Waals surface area contributed by atoms with E-state index in [1.165, 1.54) is 5.01 Å². The van der Waals surface area contributed by atoms with Crippen molar-refractivity contribution in [2.75, 3.05) is 24.1 Å². The van der Waals surface area contributed by atoms with Gasteiger partial charge in [0.1, 0.15) is 7.14 Å². The largest absolute Gasteiger partial charge is 0.381 e. The Kier molecular flexibility index (Phi) is 5.24. The zero-order valence-electron chi connectivity index (χ0n) is 16.9. The molecule has 0 saturated carbocycles. The monoisotopic (exact) mass is 418 g/mol. The number of nitrogen functional groups attached to an aromatic ring is 1. The number of anilines is 2. The molecule has 152 valence electrons. The number of aromatic nitrogens is 3. The lowest BCUT2D eigenvalue weighted by molar-refractivity contribution is 0.588. The first-order valence-corrected chi connectivity index (χ1v) is 12.1. The van der Waals surface area contributed by atoms with Crippen molar-refractivity contribution < 1.29 is 4.57 Å². The van der Waals surface area contributed by atoms with E-state index in [0.717, 1.165) is 27.3 Å². The molecule has 0 fully saturated rings. The number of fused-ring (bicyclic) bond motifs is 1. The van der Waals surface area contributed by atoms with Gasteiger partial charge in [-0.05, 0) is 37.1 Å². The van der Waals surface area contributed by atoms with Gasteiger partial charge < -0.3 is 10.3 Å². The fourth-order valence-electron chi connectivity index (χ4n) is 3.23. The molecular formula is C22H23N6OP. The van der Waals surface area contributed by atoms with Crippen molar-refractivity contribution in [2.24, 2.45) is 5.84 Å². The van der Waals surface area contributed by atoms with Gasteiger partial charge in [0.2, 0.25) is 0 Å². The van der Waals surface area contributed by atoms with Crippen LogP contribution in [0.15, 0.2) is 67.0 Å². The third-order valence-electron chi connectivity index (χ3n) is 4.86. The van der Waals surface area contributed by atoms with Crippen LogP contribution in [0, 0.1) is 0 Å². The Morgan fingerprint density at radius 2 is 1.80 bits per heavy atom. The maximum absolute atomic E-state index is 12.2. The molecule has 2 heterocycles. The molecule has 30 heavy (non-hydrogen) atoms. The quantitative estimate of drug-likeness (QED) is 0.290. The van der Waals surface area contributed by atoms with Crippen LogP contribution < -0.4 is 21.9 Å². The predicted octanol–water partition coefficient (Wildman–Crippen LogP) is 3.40. The SMILES string of the molecule is CP(C)(=O)c1ccc(-c2cnc(N)c(N(N)Cc3ccc4ncccc4c3)n2)cc1. The molecule has 2 aromatic carbocycles. The molecule has 2 aromatic heterocycles. The highest BCUT2D eigenvalue weighted by Crippen LogP contribution is 2.35. The van der Waals surface area contributed by atoms with E-state index in [-0.39, 0.29) is 5.82 Å². The molecule has 0 saturated heterocycles. The van der Waals surface area contributed by atoms with Crippen LogP contribution in [-0.4, -0.2) is 28.3 Å². The molecule has 0 radical (unpaired) electrons. The Hall–Kier alpha value is -3.28. The molecule has 0 spiro atoms. The number of nitrogens with zero attached hydrogens (tertiary/aromatic N) is 4. The van der Waals surface area contributed by atoms with Crippen LogP contribution >= 0.6 is 7.14 Å². The van der Waals surface area contributed by atoms with Crippen molar-refractivity contribution in [3.8, 4) is 11.3 Å². The maximum atomic E-state index is 12.2. The predicted molar refractivity (Wildman–Crippen MR) is 123 cm³/mol. The lowest BCUT2D eigenvalue weighted by atomic mass is 10.1. The van der Waals surface area contributed by atoms with Gasteiger partial charge in [0.25, 0.3) is 0 Å². The molecule has 0 aliphatic rings. The number of rotatable bonds is 5. The summed E-state index contributed by atoms with van der Waals surface area (Å²) in [6, 6.07) is 17.4. The summed E-state index contributed by atoms with van der Waals surface area (Å²) in [6.07, 6.45) is 3.38. The average molecular weight is 418 g/mol. The van der Waals surface area contributed by atoms with Gasteiger partial charge in [-0.1, -0.05) is 36.4 Å². The molecule has 0 bridgehead atoms. The van der Waals surface area contributed by atoms with Gasteiger partial charge in [0, 0.05) is 22.5 Å². The van der Waals surface area contributed by atoms with E-state index >= 15 is 0 Å². The highest BCUT2D eigenvalue weighted by Gasteiger charge is 2.14. The van der Waals surface area contributed by atoms with Gasteiger partial charge in [-0.15, -0.1) is 0 Å². The van der Waals surface area contributed by atoms with Crippen LogP contribution in [0.5, 0.6) is 0 Å². The molecule has 4 N–H and O–H groups in total. The first-order valence-electron chi connectivity index (χ1n) is 9.46. The number of hydrogen-bond acceptors (Lipinski definition) is 7. The first kappa shape index (κ1) is 20.0. The molecule has 7 nitrogen and oxygen atoms in total. The second kappa shape index (κ2) is 7.86. The summed E-state index contributed by atoms with van der Waals surface area (Å²) in [5.41, 5.74) is 9.49. The lowest BCUT2D eigenvalue weighted by Crippen LogP contribution is -2.32. The molecule has 0 atom stereocenters. The standard InChI is InChI=1S/C22H23N6OP/c1-30(2,29)18-8-6-16(7-9-18)20-13-26-21(23)22(27-20)28(24)14-15-5-10-19-17(12-15)4-3-11-25-19/h3-13H,14,24H2,1-2H3,(H2,23,26). The second-order valence-corrected chi connectivity index (χ2v) is 10.7. The third-order valence-corrected chi connectivity index (χ3v) is 6.40. The highest BCUT2D eigenvalue weighted by molar-refractivity contribution is 7.70. The minimum absolute atomic E-state index is 0.256. The molecule has 8 heteroatoms. The van der Waals surface area contributed by atoms with Gasteiger partial charge in [0.05, 0.1) is 24.0 Å². The van der Waals surface area contributed by atoms with Crippen molar-refractivity contribution in [1.82, 2.24) is 15.0 Å². The zero-order chi connectivity index (χ0) is 21.3. The van der Waals surface area contributed by atoms with E-state index < -0.39 is 7.14 Å². The highest BCUT2D eigenvalue weighted by atomic mass is 31.2. The molecule has 4 aromatic rings. The van der Waals surface area contributed by atoms with Crippen LogP contribution in [0.1, 0.15) is 5.56 Å². The Morgan fingerprint density at radius 3 is 2.53 bits per heavy atom. The van der Waals surface area contributed by atoms with Crippen LogP contribution in [0.25, 0.3) is 22.2 Å². The fourth-order valence-corrected chi connectivity index (χ4v) is 4.09. The molecule has 0 unspecified atom stereocenters. The number of pyridine rings is 1. The number of hydrazine groups is 1. The Labute approximate surface area is 175 Å². The molecular weight excluding hydrogens is 395 g/mol. The molecule has 0 aliphatic heterocycles. The molecule has 0 amide bonds. The van der Waals surface area contributed by atoms with Crippen LogP contribution in [0.3, 0.4) is 0 Å². The fraction of sp³-hybridized carbons (Fsp3) is 0.136. The normalized spacial score (nSPS) is 11.6. The van der Waals surface area contributed by atoms with Crippen molar-refractivity contribution in [3.05, 3.63) is 72.6 Å². The Morgan fingerprint density at radius 1 is 1.03 bits per heavy atom. The van der Waals surface area contributed by atoms with E-state index in [1.807, 2.05) is 54.6 Å². The summed E-state index contributed by atoms with van der Waals surface area (Å²) in [7, 11) is -2.31. The third kappa shape index (κ3) is 4.17. The van der Waals surface area contributed by atoms with E-state index in [9.17, 15) is 4.57 Å². The van der Waals surface area contributed by atoms with Gasteiger partial charge in [0.15, 0.2) is 11.6 Å². The average Bonchev–Trinajstić information content (AvgIpc) is 2.73. The van der Waals surface area contributed by atoms with Crippen molar-refractivity contribution in [2.45, 2.75) is 6.54 Å². The summed E-state index contributed by atoms with van der Waals surface area (Å²) < 4.78 is 12.2. The minimum atomic E-state index is -2.31. The van der Waals surface area contributed by atoms with E-state index in [1.54, 1.807) is 25.7 Å². The minimum Gasteiger partial charge on any atom is -0.381 e. The van der Waals surface area contributed by atoms with Crippen LogP contribution in [0.2, 0.25) is 0 Å². The van der Waals surface area contributed by atoms with Crippen LogP contribution in [-0.2, 0) is 11.1 Å². The summed E-state index contributed by atoms with van der Waals surface area (Å²) in [5.74, 6) is 6.96. The van der Waals surface area contributed by atoms with E-state index in [0.29, 0.717) is 18.1 Å². The number of benzene rings is 2. The van der Waals surface area contributed by atoms with Crippen molar-refractivity contribution in [3.63, 3.8) is 0 Å². The zero-order valence-corrected chi connectivity index (χ0v) is 17.8. The van der Waals surface area contributed by atoms with Gasteiger partial charge in [-0.25, -0.2) is 15.8 Å². The topological polar surface area (TPSA) is 111 Å². The summed E-state index contributed by atoms with van der Waals surface area (Å²) in [6.45, 7) is 3.91. The molecule has 4 rings (SSSR count). The Balaban J connectivity index is 1.61. The second-order valence-electron chi connectivity index (χ2n) is 7.52. The van der Waals surface area contributed by atoms with Crippen molar-refractivity contribution >= 4 is 35.0 Å². The summed E-state index contributed by atoms with van der Waals surface area (Å²) >= 11 is 0. The van der Waals surface area contributed by atoms with Gasteiger partial charge in [-0.3, -0.25) is 9.99 Å². The van der Waals surface area contributed by atoms with E-state index in [4.69, 9.17) is 11.6 Å². The number of hydrogen-bond donors (Lipinski definition) is 2. The van der Waals surface area contributed by atoms with Crippen molar-refractivity contribution in [1.29, 1.82) is 0 Å².